The number of nitrogens with one attached hydrogen (secondary N) is 1. The number of aryl methyl sites for hydroxylation is 1. The van der Waals surface area contributed by atoms with Crippen molar-refractivity contribution in [2.24, 2.45) is 7.05 Å². The minimum Gasteiger partial charge on any atom is -0.467 e. The highest BCUT2D eigenvalue weighted by Crippen LogP contribution is 2.25. The number of para-hydroxylation sites is 1. The van der Waals surface area contributed by atoms with E-state index in [2.05, 4.69) is 5.32 Å². The number of rotatable bonds is 4. The van der Waals surface area contributed by atoms with E-state index in [0.717, 1.165) is 16.6 Å². The van der Waals surface area contributed by atoms with E-state index in [1.807, 2.05) is 42.8 Å². The Balaban J connectivity index is 1.89. The minimum absolute atomic E-state index is 0.196. The number of furan rings is 1. The lowest BCUT2D eigenvalue weighted by atomic mass is 10.1. The SMILES string of the molecule is Cc1c(C(=O)C(=O)NCc2ccco2)c2ccccc2n1C. The number of carbonyl (C=O) groups excluding carboxylic acids is 2. The first-order chi connectivity index (χ1) is 10.6. The standard InChI is InChI=1S/C17H16N2O3/c1-11-15(13-7-3-4-8-14(13)19(11)2)16(20)17(21)18-10-12-6-5-9-22-12/h3-9H,10H2,1-2H3,(H,18,21). The molecule has 0 aliphatic carbocycles. The first-order valence-corrected chi connectivity index (χ1v) is 6.98. The molecule has 0 saturated carbocycles. The van der Waals surface area contributed by atoms with Crippen molar-refractivity contribution in [3.8, 4) is 0 Å². The molecule has 0 saturated heterocycles. The second-order valence-electron chi connectivity index (χ2n) is 5.13. The van der Waals surface area contributed by atoms with Gasteiger partial charge in [0.15, 0.2) is 0 Å². The van der Waals surface area contributed by atoms with Crippen molar-refractivity contribution in [3.05, 3.63) is 59.7 Å². The topological polar surface area (TPSA) is 64.2 Å². The molecule has 0 unspecified atom stereocenters. The van der Waals surface area contributed by atoms with Gasteiger partial charge in [0.05, 0.1) is 18.4 Å². The zero-order valence-electron chi connectivity index (χ0n) is 12.4. The maximum absolute atomic E-state index is 12.5. The highest BCUT2D eigenvalue weighted by molar-refractivity contribution is 6.45. The summed E-state index contributed by atoms with van der Waals surface area (Å²) < 4.78 is 7.06. The van der Waals surface area contributed by atoms with Gasteiger partial charge in [0.2, 0.25) is 0 Å². The van der Waals surface area contributed by atoms with Gasteiger partial charge in [-0.15, -0.1) is 0 Å². The molecule has 0 aliphatic rings. The van der Waals surface area contributed by atoms with Gasteiger partial charge in [-0.1, -0.05) is 18.2 Å². The van der Waals surface area contributed by atoms with Crippen molar-refractivity contribution < 1.29 is 14.0 Å². The number of carbonyl (C=O) groups is 2. The molecule has 1 aromatic carbocycles. The molecule has 3 aromatic rings. The lowest BCUT2D eigenvalue weighted by molar-refractivity contribution is -0.117. The molecule has 0 bridgehead atoms. The first-order valence-electron chi connectivity index (χ1n) is 6.98. The van der Waals surface area contributed by atoms with E-state index in [-0.39, 0.29) is 6.54 Å². The van der Waals surface area contributed by atoms with Crippen molar-refractivity contribution >= 4 is 22.6 Å². The Morgan fingerprint density at radius 2 is 1.95 bits per heavy atom. The van der Waals surface area contributed by atoms with Crippen molar-refractivity contribution in [2.75, 3.05) is 0 Å². The lowest BCUT2D eigenvalue weighted by Crippen LogP contribution is -2.30. The van der Waals surface area contributed by atoms with E-state index in [9.17, 15) is 9.59 Å². The van der Waals surface area contributed by atoms with Gasteiger partial charge < -0.3 is 14.3 Å². The summed E-state index contributed by atoms with van der Waals surface area (Å²) in [5, 5.41) is 3.39. The molecule has 3 rings (SSSR count). The minimum atomic E-state index is -0.629. The normalized spacial score (nSPS) is 10.8. The summed E-state index contributed by atoms with van der Waals surface area (Å²) in [4.78, 5) is 24.6. The average Bonchev–Trinajstić information content (AvgIpc) is 3.13. The van der Waals surface area contributed by atoms with Gasteiger partial charge in [0, 0.05) is 23.6 Å². The Bertz CT molecular complexity index is 844. The third-order valence-corrected chi connectivity index (χ3v) is 3.84. The van der Waals surface area contributed by atoms with Gasteiger partial charge in [-0.25, -0.2) is 0 Å². The van der Waals surface area contributed by atoms with Gasteiger partial charge in [0.25, 0.3) is 11.7 Å². The maximum Gasteiger partial charge on any atom is 0.292 e. The Morgan fingerprint density at radius 3 is 2.68 bits per heavy atom. The van der Waals surface area contributed by atoms with Crippen molar-refractivity contribution in [3.63, 3.8) is 0 Å². The monoisotopic (exact) mass is 296 g/mol. The highest BCUT2D eigenvalue weighted by Gasteiger charge is 2.23. The van der Waals surface area contributed by atoms with Crippen LogP contribution in [-0.4, -0.2) is 16.3 Å². The van der Waals surface area contributed by atoms with Crippen LogP contribution in [0.15, 0.2) is 47.1 Å². The quantitative estimate of drug-likeness (QED) is 0.594. The van der Waals surface area contributed by atoms with Gasteiger partial charge in [0.1, 0.15) is 5.76 Å². The van der Waals surface area contributed by atoms with Crippen LogP contribution in [0, 0.1) is 6.92 Å². The number of amides is 1. The van der Waals surface area contributed by atoms with Crippen molar-refractivity contribution in [2.45, 2.75) is 13.5 Å². The summed E-state index contributed by atoms with van der Waals surface area (Å²) >= 11 is 0. The van der Waals surface area contributed by atoms with Crippen LogP contribution >= 0.6 is 0 Å². The molecule has 1 N–H and O–H groups in total. The number of benzene rings is 1. The zero-order valence-corrected chi connectivity index (χ0v) is 12.4. The number of Topliss-reactive ketones (excluding diaryl/α,β-unsaturated/α-hetero) is 1. The fourth-order valence-electron chi connectivity index (χ4n) is 2.58. The summed E-state index contributed by atoms with van der Waals surface area (Å²) in [5.74, 6) is -0.549. The fourth-order valence-corrected chi connectivity index (χ4v) is 2.58. The Kier molecular flexibility index (Phi) is 3.55. The molecule has 5 nitrogen and oxygen atoms in total. The van der Waals surface area contributed by atoms with Crippen LogP contribution in [0.25, 0.3) is 10.9 Å². The smallest absolute Gasteiger partial charge is 0.292 e. The molecule has 22 heavy (non-hydrogen) atoms. The first kappa shape index (κ1) is 14.1. The fraction of sp³-hybridized carbons (Fsp3) is 0.176. The number of fused-ring (bicyclic) bond motifs is 1. The van der Waals surface area contributed by atoms with Crippen LogP contribution in [-0.2, 0) is 18.4 Å². The molecule has 0 spiro atoms. The van der Waals surface area contributed by atoms with E-state index in [0.29, 0.717) is 11.3 Å². The summed E-state index contributed by atoms with van der Waals surface area (Å²) in [6.07, 6.45) is 1.53. The second-order valence-corrected chi connectivity index (χ2v) is 5.13. The summed E-state index contributed by atoms with van der Waals surface area (Å²) in [7, 11) is 1.88. The van der Waals surface area contributed by atoms with Crippen LogP contribution in [0.2, 0.25) is 0 Å². The third kappa shape index (κ3) is 2.30. The van der Waals surface area contributed by atoms with Gasteiger partial charge in [-0.3, -0.25) is 9.59 Å². The summed E-state index contributed by atoms with van der Waals surface area (Å²) in [6.45, 7) is 2.04. The Labute approximate surface area is 127 Å². The van der Waals surface area contributed by atoms with E-state index in [1.54, 1.807) is 12.1 Å². The molecule has 5 heteroatoms. The number of aromatic nitrogens is 1. The summed E-state index contributed by atoms with van der Waals surface area (Å²) in [6, 6.07) is 11.0. The van der Waals surface area contributed by atoms with Crippen LogP contribution in [0.5, 0.6) is 0 Å². The van der Waals surface area contributed by atoms with Crippen LogP contribution in [0.1, 0.15) is 21.8 Å². The number of nitrogens with zero attached hydrogens (tertiary/aromatic N) is 1. The van der Waals surface area contributed by atoms with Crippen LogP contribution in [0.4, 0.5) is 0 Å². The van der Waals surface area contributed by atoms with Gasteiger partial charge in [-0.05, 0) is 25.1 Å². The van der Waals surface area contributed by atoms with Gasteiger partial charge >= 0.3 is 0 Å². The molecule has 2 heterocycles. The van der Waals surface area contributed by atoms with E-state index in [4.69, 9.17) is 4.42 Å². The largest absolute Gasteiger partial charge is 0.467 e. The maximum atomic E-state index is 12.5. The van der Waals surface area contributed by atoms with Crippen LogP contribution < -0.4 is 5.32 Å². The highest BCUT2D eigenvalue weighted by atomic mass is 16.3. The van der Waals surface area contributed by atoms with E-state index >= 15 is 0 Å². The summed E-state index contributed by atoms with van der Waals surface area (Å²) in [5.41, 5.74) is 2.16. The molecule has 0 fully saturated rings. The predicted molar refractivity (Wildman–Crippen MR) is 82.5 cm³/mol. The van der Waals surface area contributed by atoms with Crippen molar-refractivity contribution in [1.82, 2.24) is 9.88 Å². The zero-order chi connectivity index (χ0) is 15.7. The van der Waals surface area contributed by atoms with Crippen molar-refractivity contribution in [1.29, 1.82) is 0 Å². The van der Waals surface area contributed by atoms with E-state index in [1.165, 1.54) is 6.26 Å². The van der Waals surface area contributed by atoms with Crippen LogP contribution in [0.3, 0.4) is 0 Å². The van der Waals surface area contributed by atoms with Gasteiger partial charge in [-0.2, -0.15) is 0 Å². The molecule has 112 valence electrons. The predicted octanol–water partition coefficient (Wildman–Crippen LogP) is 2.58. The molecule has 0 radical (unpaired) electrons. The number of ketones is 1. The number of hydrogen-bond acceptors (Lipinski definition) is 3. The molecule has 0 aliphatic heterocycles. The Hall–Kier alpha value is -2.82. The molecule has 2 aromatic heterocycles. The second kappa shape index (κ2) is 5.52. The molecule has 1 amide bonds. The Morgan fingerprint density at radius 1 is 1.18 bits per heavy atom. The molecular formula is C17H16N2O3. The average molecular weight is 296 g/mol. The molecular weight excluding hydrogens is 280 g/mol. The number of hydrogen-bond donors (Lipinski definition) is 1. The third-order valence-electron chi connectivity index (χ3n) is 3.84. The molecule has 0 atom stereocenters. The van der Waals surface area contributed by atoms with E-state index < -0.39 is 11.7 Å². The lowest BCUT2D eigenvalue weighted by Gasteiger charge is -2.03.